The molecule has 0 atom stereocenters. The van der Waals surface area contributed by atoms with E-state index in [0.29, 0.717) is 11.6 Å². The number of carbonyl (C=O) groups excluding carboxylic acids is 2. The van der Waals surface area contributed by atoms with Crippen molar-refractivity contribution in [1.29, 1.82) is 0 Å². The Balaban J connectivity index is 2.36. The number of hydrogen-bond donors (Lipinski definition) is 1. The summed E-state index contributed by atoms with van der Waals surface area (Å²) in [5.74, 6) is -7.06. The highest BCUT2D eigenvalue weighted by Crippen LogP contribution is 2.41. The normalized spacial score (nSPS) is 12.8. The highest BCUT2D eigenvalue weighted by atomic mass is 32.2. The van der Waals surface area contributed by atoms with E-state index in [-0.39, 0.29) is 6.61 Å². The van der Waals surface area contributed by atoms with Gasteiger partial charge in [-0.25, -0.2) is 9.59 Å². The molecule has 7 nitrogen and oxygen atoms in total. The second-order valence-corrected chi connectivity index (χ2v) is 6.86. The maximum atomic E-state index is 13.2. The third-order valence-corrected chi connectivity index (χ3v) is 4.16. The van der Waals surface area contributed by atoms with E-state index in [1.807, 2.05) is 0 Å². The van der Waals surface area contributed by atoms with Crippen LogP contribution in [0.4, 0.5) is 17.6 Å². The van der Waals surface area contributed by atoms with E-state index in [0.717, 1.165) is 6.08 Å². The van der Waals surface area contributed by atoms with Gasteiger partial charge in [0.2, 0.25) is 0 Å². The second kappa shape index (κ2) is 9.64. The van der Waals surface area contributed by atoms with Gasteiger partial charge in [-0.2, -0.15) is 26.0 Å². The third-order valence-electron chi connectivity index (χ3n) is 3.21. The van der Waals surface area contributed by atoms with Crippen molar-refractivity contribution in [1.82, 2.24) is 0 Å². The summed E-state index contributed by atoms with van der Waals surface area (Å²) < 4.78 is 90.3. The minimum atomic E-state index is -6.31. The van der Waals surface area contributed by atoms with E-state index in [1.165, 1.54) is 0 Å². The van der Waals surface area contributed by atoms with Crippen molar-refractivity contribution in [2.75, 3.05) is 6.61 Å². The summed E-state index contributed by atoms with van der Waals surface area (Å²) in [5, 5.41) is -5.67. The average molecular weight is 428 g/mol. The van der Waals surface area contributed by atoms with E-state index in [9.17, 15) is 35.6 Å². The zero-order valence-electron chi connectivity index (χ0n) is 14.2. The molecule has 0 aliphatic rings. The summed E-state index contributed by atoms with van der Waals surface area (Å²) >= 11 is 0. The predicted octanol–water partition coefficient (Wildman–Crippen LogP) is 2.73. The van der Waals surface area contributed by atoms with Gasteiger partial charge in [-0.1, -0.05) is 30.3 Å². The van der Waals surface area contributed by atoms with Gasteiger partial charge in [-0.05, 0) is 12.0 Å². The number of ether oxygens (including phenoxy) is 2. The molecule has 0 aromatic heterocycles. The molecule has 0 saturated carbocycles. The van der Waals surface area contributed by atoms with Crippen LogP contribution >= 0.6 is 0 Å². The Morgan fingerprint density at radius 3 is 2.07 bits per heavy atom. The van der Waals surface area contributed by atoms with Gasteiger partial charge in [0.05, 0.1) is 6.61 Å². The van der Waals surface area contributed by atoms with E-state index in [4.69, 9.17) is 9.29 Å². The monoisotopic (exact) mass is 428 g/mol. The molecule has 0 amide bonds. The summed E-state index contributed by atoms with van der Waals surface area (Å²) in [6.07, 6.45) is -1.11. The van der Waals surface area contributed by atoms with Gasteiger partial charge in [-0.3, -0.25) is 4.55 Å². The standard InChI is InChI=1S/C16H16F4O7S/c17-15(18,16(19,20)28(23,24)25)9-4-10-26-13(21)7-8-14(22)27-11-12-5-2-1-3-6-12/h1-3,5-8H,4,9-11H2,(H,23,24,25). The molecule has 1 aromatic carbocycles. The molecule has 0 unspecified atom stereocenters. The molecular weight excluding hydrogens is 412 g/mol. The lowest BCUT2D eigenvalue weighted by Gasteiger charge is -2.23. The minimum absolute atomic E-state index is 0.0455. The summed E-state index contributed by atoms with van der Waals surface area (Å²) in [6, 6.07) is 8.62. The number of hydrogen-bond acceptors (Lipinski definition) is 6. The van der Waals surface area contributed by atoms with Gasteiger partial charge in [0.1, 0.15) is 6.61 Å². The van der Waals surface area contributed by atoms with Gasteiger partial charge in [-0.15, -0.1) is 0 Å². The SMILES string of the molecule is O=C(C=CC(=O)OCc1ccccc1)OCCCC(F)(F)C(F)(F)S(=O)(=O)O. The van der Waals surface area contributed by atoms with Crippen LogP contribution in [0.5, 0.6) is 0 Å². The van der Waals surface area contributed by atoms with Crippen molar-refractivity contribution in [3.05, 3.63) is 48.0 Å². The smallest absolute Gasteiger partial charge is 0.431 e. The summed E-state index contributed by atoms with van der Waals surface area (Å²) in [5.41, 5.74) is 0.703. The number of esters is 2. The summed E-state index contributed by atoms with van der Waals surface area (Å²) in [7, 11) is -6.31. The number of rotatable bonds is 10. The number of alkyl halides is 4. The summed E-state index contributed by atoms with van der Waals surface area (Å²) in [6.45, 7) is -0.796. The molecule has 1 rings (SSSR count). The Kier molecular flexibility index (Phi) is 8.12. The Morgan fingerprint density at radius 1 is 1.00 bits per heavy atom. The van der Waals surface area contributed by atoms with Crippen LogP contribution in [0.1, 0.15) is 18.4 Å². The van der Waals surface area contributed by atoms with E-state index >= 15 is 0 Å². The molecular formula is C16H16F4O7S. The topological polar surface area (TPSA) is 107 Å². The van der Waals surface area contributed by atoms with Crippen molar-refractivity contribution in [2.24, 2.45) is 0 Å². The number of carbonyl (C=O) groups is 2. The molecule has 156 valence electrons. The van der Waals surface area contributed by atoms with E-state index in [2.05, 4.69) is 4.74 Å². The van der Waals surface area contributed by atoms with E-state index in [1.54, 1.807) is 30.3 Å². The Labute approximate surface area is 157 Å². The molecule has 0 bridgehead atoms. The first-order chi connectivity index (χ1) is 12.9. The maximum absolute atomic E-state index is 13.2. The molecule has 28 heavy (non-hydrogen) atoms. The zero-order chi connectivity index (χ0) is 21.4. The highest BCUT2D eigenvalue weighted by molar-refractivity contribution is 7.87. The van der Waals surface area contributed by atoms with Gasteiger partial charge < -0.3 is 9.47 Å². The van der Waals surface area contributed by atoms with Gasteiger partial charge in [0, 0.05) is 18.6 Å². The summed E-state index contributed by atoms with van der Waals surface area (Å²) in [4.78, 5) is 22.7. The minimum Gasteiger partial charge on any atom is -0.463 e. The molecule has 0 spiro atoms. The van der Waals surface area contributed by atoms with E-state index < -0.39 is 52.7 Å². The number of benzene rings is 1. The van der Waals surface area contributed by atoms with Crippen LogP contribution < -0.4 is 0 Å². The lowest BCUT2D eigenvalue weighted by molar-refractivity contribution is -0.167. The van der Waals surface area contributed by atoms with Crippen LogP contribution in [-0.4, -0.2) is 42.7 Å². The van der Waals surface area contributed by atoms with Crippen LogP contribution in [0, 0.1) is 0 Å². The molecule has 1 aromatic rings. The fraction of sp³-hybridized carbons (Fsp3) is 0.375. The largest absolute Gasteiger partial charge is 0.463 e. The molecule has 0 aliphatic carbocycles. The fourth-order valence-corrected chi connectivity index (χ4v) is 2.24. The molecule has 0 heterocycles. The first-order valence-electron chi connectivity index (χ1n) is 7.65. The second-order valence-electron chi connectivity index (χ2n) is 5.39. The Bertz CT molecular complexity index is 808. The Morgan fingerprint density at radius 2 is 1.54 bits per heavy atom. The van der Waals surface area contributed by atoms with Gasteiger partial charge in [0.25, 0.3) is 0 Å². The molecule has 0 radical (unpaired) electrons. The maximum Gasteiger partial charge on any atom is 0.431 e. The van der Waals surface area contributed by atoms with Crippen molar-refractivity contribution in [3.63, 3.8) is 0 Å². The Hall–Kier alpha value is -2.47. The average Bonchev–Trinajstić information content (AvgIpc) is 2.61. The van der Waals surface area contributed by atoms with Gasteiger partial charge >= 0.3 is 33.2 Å². The molecule has 12 heteroatoms. The van der Waals surface area contributed by atoms with Crippen molar-refractivity contribution in [2.45, 2.75) is 30.6 Å². The molecule has 0 aliphatic heterocycles. The van der Waals surface area contributed by atoms with Crippen LogP contribution in [0.25, 0.3) is 0 Å². The molecule has 1 N–H and O–H groups in total. The lowest BCUT2D eigenvalue weighted by Crippen LogP contribution is -2.46. The molecule has 0 fully saturated rings. The fourth-order valence-electron chi connectivity index (χ4n) is 1.76. The van der Waals surface area contributed by atoms with Crippen LogP contribution in [0.2, 0.25) is 0 Å². The van der Waals surface area contributed by atoms with Crippen molar-refractivity contribution >= 4 is 22.1 Å². The van der Waals surface area contributed by atoms with Crippen LogP contribution in [-0.2, 0) is 35.8 Å². The first kappa shape index (κ1) is 23.6. The highest BCUT2D eigenvalue weighted by Gasteiger charge is 2.64. The lowest BCUT2D eigenvalue weighted by atomic mass is 10.2. The van der Waals surface area contributed by atoms with Crippen molar-refractivity contribution in [3.8, 4) is 0 Å². The van der Waals surface area contributed by atoms with Crippen LogP contribution in [0.3, 0.4) is 0 Å². The first-order valence-corrected chi connectivity index (χ1v) is 9.09. The predicted molar refractivity (Wildman–Crippen MR) is 87.0 cm³/mol. The third kappa shape index (κ3) is 6.93. The molecule has 0 saturated heterocycles. The quantitative estimate of drug-likeness (QED) is 0.201. The zero-order valence-corrected chi connectivity index (χ0v) is 15.0. The number of halogens is 4. The van der Waals surface area contributed by atoms with Crippen molar-refractivity contribution < 1.29 is 49.6 Å². The van der Waals surface area contributed by atoms with Crippen LogP contribution in [0.15, 0.2) is 42.5 Å². The van der Waals surface area contributed by atoms with Gasteiger partial charge in [0.15, 0.2) is 0 Å².